The number of aromatic amines is 1. The van der Waals surface area contributed by atoms with E-state index in [1.807, 2.05) is 6.07 Å². The number of anilines is 2. The van der Waals surface area contributed by atoms with Gasteiger partial charge in [0.25, 0.3) is 17.7 Å². The molecule has 8 nitrogen and oxygen atoms in total. The van der Waals surface area contributed by atoms with Gasteiger partial charge in [-0.05, 0) is 89.5 Å². The van der Waals surface area contributed by atoms with Gasteiger partial charge in [0.1, 0.15) is 11.6 Å². The lowest BCUT2D eigenvalue weighted by Crippen LogP contribution is -2.15. The highest BCUT2D eigenvalue weighted by atomic mass is 19.1. The fourth-order valence-corrected chi connectivity index (χ4v) is 5.29. The van der Waals surface area contributed by atoms with E-state index in [2.05, 4.69) is 15.6 Å². The number of primary amides is 1. The van der Waals surface area contributed by atoms with Crippen LogP contribution in [0, 0.1) is 11.6 Å². The molecule has 218 valence electrons. The van der Waals surface area contributed by atoms with E-state index < -0.39 is 29.4 Å². The molecule has 0 aliphatic rings. The van der Waals surface area contributed by atoms with Gasteiger partial charge in [-0.1, -0.05) is 24.3 Å². The Morgan fingerprint density at radius 1 is 0.727 bits per heavy atom. The van der Waals surface area contributed by atoms with Crippen LogP contribution in [0.2, 0.25) is 0 Å². The van der Waals surface area contributed by atoms with Crippen molar-refractivity contribution >= 4 is 50.9 Å². The topological polar surface area (TPSA) is 143 Å². The van der Waals surface area contributed by atoms with E-state index in [9.17, 15) is 23.2 Å². The van der Waals surface area contributed by atoms with Crippen molar-refractivity contribution in [3.05, 3.63) is 131 Å². The van der Waals surface area contributed by atoms with E-state index in [0.29, 0.717) is 44.5 Å². The molecule has 5 aromatic carbocycles. The van der Waals surface area contributed by atoms with E-state index in [1.54, 1.807) is 42.5 Å². The number of benzene rings is 5. The molecule has 0 aliphatic heterocycles. The van der Waals surface area contributed by atoms with Gasteiger partial charge in [0, 0.05) is 45.3 Å². The number of nitrogens with one attached hydrogen (secondary N) is 3. The SMILES string of the molecule is NCc1c(NC(=O)c2ccc(F)cc2)cccc1-c1ccc(C(N)=O)c2[nH]c3cc(C(=O)Nc4ccc(F)cc4)ccc3c12. The standard InChI is InChI=1S/C34H25F2N5O3/c35-20-7-4-18(5-8-20)33(43)41-28-3-1-2-23(27(28)17-37)24-14-15-26(32(38)42)31-30(24)25-13-6-19(16-29(25)40-31)34(44)39-22-11-9-21(36)10-12-22/h1-16,40H,17,37H2,(H2,38,42)(H,39,44)(H,41,43). The number of carbonyl (C=O) groups is 3. The van der Waals surface area contributed by atoms with E-state index in [1.165, 1.54) is 48.5 Å². The molecule has 6 aromatic rings. The number of hydrogen-bond donors (Lipinski definition) is 5. The molecule has 10 heteroatoms. The molecule has 0 bridgehead atoms. The maximum atomic E-state index is 13.4. The van der Waals surface area contributed by atoms with Gasteiger partial charge in [0.2, 0.25) is 0 Å². The van der Waals surface area contributed by atoms with Crippen LogP contribution in [0.3, 0.4) is 0 Å². The minimum absolute atomic E-state index is 0.0737. The zero-order valence-electron chi connectivity index (χ0n) is 23.1. The number of aromatic nitrogens is 1. The van der Waals surface area contributed by atoms with Crippen molar-refractivity contribution in [2.24, 2.45) is 11.5 Å². The van der Waals surface area contributed by atoms with Crippen molar-refractivity contribution in [2.75, 3.05) is 10.6 Å². The molecule has 0 atom stereocenters. The molecule has 0 unspecified atom stereocenters. The summed E-state index contributed by atoms with van der Waals surface area (Å²) in [4.78, 5) is 41.6. The number of rotatable bonds is 7. The van der Waals surface area contributed by atoms with Crippen molar-refractivity contribution < 1.29 is 23.2 Å². The first kappa shape index (κ1) is 28.3. The lowest BCUT2D eigenvalue weighted by molar-refractivity contribution is 0.0997. The zero-order valence-corrected chi connectivity index (χ0v) is 23.1. The highest BCUT2D eigenvalue weighted by molar-refractivity contribution is 6.21. The van der Waals surface area contributed by atoms with Gasteiger partial charge in [0.05, 0.1) is 11.1 Å². The third-order valence-corrected chi connectivity index (χ3v) is 7.41. The van der Waals surface area contributed by atoms with Gasteiger partial charge in [-0.3, -0.25) is 14.4 Å². The molecule has 7 N–H and O–H groups in total. The second kappa shape index (κ2) is 11.4. The molecular formula is C34H25F2N5O3. The second-order valence-corrected chi connectivity index (χ2v) is 10.1. The zero-order chi connectivity index (χ0) is 31.0. The number of carbonyl (C=O) groups excluding carboxylic acids is 3. The maximum absolute atomic E-state index is 13.4. The van der Waals surface area contributed by atoms with Crippen LogP contribution in [-0.2, 0) is 6.54 Å². The summed E-state index contributed by atoms with van der Waals surface area (Å²) >= 11 is 0. The van der Waals surface area contributed by atoms with Crippen molar-refractivity contribution in [1.82, 2.24) is 4.98 Å². The molecule has 6 rings (SSSR count). The van der Waals surface area contributed by atoms with Gasteiger partial charge in [-0.2, -0.15) is 0 Å². The Morgan fingerprint density at radius 2 is 1.39 bits per heavy atom. The fourth-order valence-electron chi connectivity index (χ4n) is 5.29. The normalized spacial score (nSPS) is 11.1. The molecule has 44 heavy (non-hydrogen) atoms. The molecule has 0 saturated heterocycles. The molecule has 0 radical (unpaired) electrons. The monoisotopic (exact) mass is 589 g/mol. The Morgan fingerprint density at radius 3 is 2.07 bits per heavy atom. The minimum Gasteiger partial charge on any atom is -0.366 e. The fraction of sp³-hybridized carbons (Fsp3) is 0.0294. The summed E-state index contributed by atoms with van der Waals surface area (Å²) in [6.45, 7) is 0.0737. The number of hydrogen-bond acceptors (Lipinski definition) is 4. The molecule has 0 saturated carbocycles. The lowest BCUT2D eigenvalue weighted by Gasteiger charge is -2.16. The Bertz CT molecular complexity index is 2090. The van der Waals surface area contributed by atoms with E-state index in [0.717, 1.165) is 10.9 Å². The van der Waals surface area contributed by atoms with Crippen molar-refractivity contribution in [2.45, 2.75) is 6.54 Å². The number of fused-ring (bicyclic) bond motifs is 3. The molecule has 0 aliphatic carbocycles. The van der Waals surface area contributed by atoms with Crippen LogP contribution in [0.1, 0.15) is 36.6 Å². The maximum Gasteiger partial charge on any atom is 0.255 e. The molecule has 0 spiro atoms. The average molecular weight is 590 g/mol. The van der Waals surface area contributed by atoms with Crippen molar-refractivity contribution in [3.8, 4) is 11.1 Å². The van der Waals surface area contributed by atoms with Gasteiger partial charge in [-0.15, -0.1) is 0 Å². The number of H-pyrrole nitrogens is 1. The van der Waals surface area contributed by atoms with Crippen LogP contribution in [-0.4, -0.2) is 22.7 Å². The molecular weight excluding hydrogens is 564 g/mol. The number of halogens is 2. The van der Waals surface area contributed by atoms with Gasteiger partial charge >= 0.3 is 0 Å². The highest BCUT2D eigenvalue weighted by Crippen LogP contribution is 2.39. The van der Waals surface area contributed by atoms with Gasteiger partial charge in [0.15, 0.2) is 0 Å². The Hall–Kier alpha value is -5.87. The Labute approximate surface area is 249 Å². The summed E-state index contributed by atoms with van der Waals surface area (Å²) in [5.74, 6) is -2.33. The van der Waals surface area contributed by atoms with Crippen LogP contribution in [0.25, 0.3) is 32.9 Å². The second-order valence-electron chi connectivity index (χ2n) is 10.1. The lowest BCUT2D eigenvalue weighted by atomic mass is 9.92. The molecule has 0 fully saturated rings. The summed E-state index contributed by atoms with van der Waals surface area (Å²) < 4.78 is 26.7. The van der Waals surface area contributed by atoms with Crippen molar-refractivity contribution in [3.63, 3.8) is 0 Å². The Kier molecular flexibility index (Phi) is 7.34. The largest absolute Gasteiger partial charge is 0.366 e. The van der Waals surface area contributed by atoms with Crippen molar-refractivity contribution in [1.29, 1.82) is 0 Å². The van der Waals surface area contributed by atoms with E-state index in [4.69, 9.17) is 11.5 Å². The third-order valence-electron chi connectivity index (χ3n) is 7.41. The summed E-state index contributed by atoms with van der Waals surface area (Å²) in [6.07, 6.45) is 0. The number of nitrogens with two attached hydrogens (primary N) is 2. The summed E-state index contributed by atoms with van der Waals surface area (Å²) in [6, 6.07) is 24.5. The summed E-state index contributed by atoms with van der Waals surface area (Å²) in [7, 11) is 0. The molecule has 1 aromatic heterocycles. The minimum atomic E-state index is -0.637. The van der Waals surface area contributed by atoms with Crippen LogP contribution >= 0.6 is 0 Å². The van der Waals surface area contributed by atoms with E-state index in [-0.39, 0.29) is 17.7 Å². The Balaban J connectivity index is 1.45. The average Bonchev–Trinajstić information content (AvgIpc) is 3.40. The summed E-state index contributed by atoms with van der Waals surface area (Å²) in [5.41, 5.74) is 16.9. The highest BCUT2D eigenvalue weighted by Gasteiger charge is 2.20. The number of amides is 3. The first-order chi connectivity index (χ1) is 21.2. The predicted molar refractivity (Wildman–Crippen MR) is 166 cm³/mol. The quantitative estimate of drug-likeness (QED) is 0.148. The predicted octanol–water partition coefficient (Wildman–Crippen LogP) is 6.33. The van der Waals surface area contributed by atoms with Crippen LogP contribution < -0.4 is 22.1 Å². The van der Waals surface area contributed by atoms with Crippen LogP contribution in [0.4, 0.5) is 20.2 Å². The van der Waals surface area contributed by atoms with Gasteiger partial charge < -0.3 is 27.1 Å². The first-order valence-electron chi connectivity index (χ1n) is 13.6. The molecule has 3 amide bonds. The first-order valence-corrected chi connectivity index (χ1v) is 13.6. The van der Waals surface area contributed by atoms with E-state index >= 15 is 0 Å². The smallest absolute Gasteiger partial charge is 0.255 e. The van der Waals surface area contributed by atoms with Gasteiger partial charge in [-0.25, -0.2) is 8.78 Å². The summed E-state index contributed by atoms with van der Waals surface area (Å²) in [5, 5.41) is 7.01. The van der Waals surface area contributed by atoms with Crippen LogP contribution in [0.15, 0.2) is 97.1 Å². The third kappa shape index (κ3) is 5.25. The van der Waals surface area contributed by atoms with Crippen LogP contribution in [0.5, 0.6) is 0 Å². The molecule has 1 heterocycles.